The molecule has 2 aromatic heterocycles. The minimum Gasteiger partial charge on any atom is -0.339 e. The lowest BCUT2D eigenvalue weighted by molar-refractivity contribution is -0.117. The standard InChI is InChI=1S/C18H19N5O2/c1-3-16-21-17(22-25-16)12-5-6-13-11(10-12)4-7-14(13)18(24)20-15-8-9-19-23(15)2/h5-6,8-10,14H,3-4,7H2,1-2H3,(H,20,24)/t14-/m0/s1. The first kappa shape index (κ1) is 15.6. The van der Waals surface area contributed by atoms with Gasteiger partial charge in [-0.2, -0.15) is 10.1 Å². The zero-order valence-electron chi connectivity index (χ0n) is 14.2. The first-order valence-electron chi connectivity index (χ1n) is 8.40. The molecule has 0 aliphatic heterocycles. The number of fused-ring (bicyclic) bond motifs is 1. The monoisotopic (exact) mass is 337 g/mol. The molecule has 0 radical (unpaired) electrons. The third-order valence-electron chi connectivity index (χ3n) is 4.64. The van der Waals surface area contributed by atoms with Gasteiger partial charge in [0.05, 0.1) is 12.1 Å². The van der Waals surface area contributed by atoms with Crippen molar-refractivity contribution in [2.75, 3.05) is 5.32 Å². The van der Waals surface area contributed by atoms with E-state index in [1.807, 2.05) is 19.1 Å². The molecule has 7 nitrogen and oxygen atoms in total. The molecule has 1 amide bonds. The number of hydrogen-bond donors (Lipinski definition) is 1. The highest BCUT2D eigenvalue weighted by Crippen LogP contribution is 2.36. The van der Waals surface area contributed by atoms with E-state index < -0.39 is 0 Å². The van der Waals surface area contributed by atoms with Crippen LogP contribution < -0.4 is 5.32 Å². The van der Waals surface area contributed by atoms with Crippen molar-refractivity contribution in [3.63, 3.8) is 0 Å². The predicted octanol–water partition coefficient (Wildman–Crippen LogP) is 2.70. The molecule has 128 valence electrons. The molecule has 0 saturated heterocycles. The minimum atomic E-state index is -0.143. The van der Waals surface area contributed by atoms with E-state index in [-0.39, 0.29) is 11.8 Å². The summed E-state index contributed by atoms with van der Waals surface area (Å²) in [6, 6.07) is 7.82. The van der Waals surface area contributed by atoms with Crippen molar-refractivity contribution in [2.45, 2.75) is 32.1 Å². The van der Waals surface area contributed by atoms with Crippen LogP contribution >= 0.6 is 0 Å². The molecule has 4 rings (SSSR count). The molecule has 0 unspecified atom stereocenters. The predicted molar refractivity (Wildman–Crippen MR) is 92.0 cm³/mol. The summed E-state index contributed by atoms with van der Waals surface area (Å²) in [6.45, 7) is 1.98. The molecule has 1 aromatic carbocycles. The highest BCUT2D eigenvalue weighted by Gasteiger charge is 2.29. The maximum Gasteiger partial charge on any atom is 0.233 e. The number of amides is 1. The van der Waals surface area contributed by atoms with Gasteiger partial charge < -0.3 is 9.84 Å². The molecule has 1 atom stereocenters. The van der Waals surface area contributed by atoms with Crippen LogP contribution in [0.3, 0.4) is 0 Å². The van der Waals surface area contributed by atoms with Crippen LogP contribution in [0.5, 0.6) is 0 Å². The lowest BCUT2D eigenvalue weighted by Gasteiger charge is -2.12. The summed E-state index contributed by atoms with van der Waals surface area (Å²) >= 11 is 0. The van der Waals surface area contributed by atoms with Gasteiger partial charge in [0.1, 0.15) is 5.82 Å². The van der Waals surface area contributed by atoms with E-state index in [2.05, 4.69) is 26.6 Å². The molecule has 0 saturated carbocycles. The summed E-state index contributed by atoms with van der Waals surface area (Å²) in [7, 11) is 1.81. The van der Waals surface area contributed by atoms with Gasteiger partial charge in [0.2, 0.25) is 17.6 Å². The van der Waals surface area contributed by atoms with E-state index in [0.717, 1.165) is 24.0 Å². The van der Waals surface area contributed by atoms with Gasteiger partial charge in [-0.05, 0) is 30.0 Å². The number of nitrogens with zero attached hydrogens (tertiary/aromatic N) is 4. The lowest BCUT2D eigenvalue weighted by Crippen LogP contribution is -2.20. The maximum absolute atomic E-state index is 12.6. The largest absolute Gasteiger partial charge is 0.339 e. The molecule has 2 heterocycles. The number of benzene rings is 1. The van der Waals surface area contributed by atoms with Crippen LogP contribution in [0.15, 0.2) is 35.0 Å². The smallest absolute Gasteiger partial charge is 0.233 e. The van der Waals surface area contributed by atoms with Crippen LogP contribution in [0, 0.1) is 0 Å². The van der Waals surface area contributed by atoms with Crippen LogP contribution in [-0.2, 0) is 24.7 Å². The fourth-order valence-electron chi connectivity index (χ4n) is 3.25. The summed E-state index contributed by atoms with van der Waals surface area (Å²) in [5.74, 6) is 1.79. The molecule has 0 spiro atoms. The number of nitrogens with one attached hydrogen (secondary N) is 1. The lowest BCUT2D eigenvalue weighted by atomic mass is 9.99. The molecule has 7 heteroatoms. The van der Waals surface area contributed by atoms with Gasteiger partial charge >= 0.3 is 0 Å². The highest BCUT2D eigenvalue weighted by atomic mass is 16.5. The number of carbonyl (C=O) groups is 1. The maximum atomic E-state index is 12.6. The van der Waals surface area contributed by atoms with E-state index in [1.54, 1.807) is 24.0 Å². The third-order valence-corrected chi connectivity index (χ3v) is 4.64. The number of aryl methyl sites for hydroxylation is 3. The second-order valence-corrected chi connectivity index (χ2v) is 6.20. The number of aromatic nitrogens is 4. The topological polar surface area (TPSA) is 85.8 Å². The zero-order chi connectivity index (χ0) is 17.4. The number of anilines is 1. The van der Waals surface area contributed by atoms with Crippen molar-refractivity contribution in [1.29, 1.82) is 0 Å². The summed E-state index contributed by atoms with van der Waals surface area (Å²) in [6.07, 6.45) is 4.05. The molecular weight excluding hydrogens is 318 g/mol. The summed E-state index contributed by atoms with van der Waals surface area (Å²) in [5.41, 5.74) is 3.17. The second-order valence-electron chi connectivity index (χ2n) is 6.20. The van der Waals surface area contributed by atoms with E-state index in [1.165, 1.54) is 5.56 Å². The van der Waals surface area contributed by atoms with Crippen LogP contribution in [0.1, 0.15) is 36.3 Å². The molecule has 25 heavy (non-hydrogen) atoms. The van der Waals surface area contributed by atoms with E-state index in [9.17, 15) is 4.79 Å². The minimum absolute atomic E-state index is 0.00271. The normalized spacial score (nSPS) is 16.0. The van der Waals surface area contributed by atoms with Crippen molar-refractivity contribution < 1.29 is 9.32 Å². The van der Waals surface area contributed by atoms with Crippen molar-refractivity contribution >= 4 is 11.7 Å². The average molecular weight is 337 g/mol. The Bertz CT molecular complexity index is 927. The summed E-state index contributed by atoms with van der Waals surface area (Å²) < 4.78 is 6.83. The first-order valence-corrected chi connectivity index (χ1v) is 8.40. The number of hydrogen-bond acceptors (Lipinski definition) is 5. The first-order chi connectivity index (χ1) is 12.2. The number of carbonyl (C=O) groups excluding carboxylic acids is 1. The molecule has 3 aromatic rings. The molecule has 1 aliphatic carbocycles. The SMILES string of the molecule is CCc1nc(-c2ccc3c(c2)CC[C@@H]3C(=O)Nc2ccnn2C)no1. The third kappa shape index (κ3) is 2.82. The van der Waals surface area contributed by atoms with E-state index in [4.69, 9.17) is 4.52 Å². The molecule has 1 aliphatic rings. The van der Waals surface area contributed by atoms with Gasteiger partial charge in [0.15, 0.2) is 0 Å². The van der Waals surface area contributed by atoms with Gasteiger partial charge in [-0.1, -0.05) is 24.2 Å². The zero-order valence-corrected chi connectivity index (χ0v) is 14.2. The van der Waals surface area contributed by atoms with Crippen molar-refractivity contribution in [3.05, 3.63) is 47.5 Å². The Kier molecular flexibility index (Phi) is 3.83. The van der Waals surface area contributed by atoms with Gasteiger partial charge in [0.25, 0.3) is 0 Å². The highest BCUT2D eigenvalue weighted by molar-refractivity contribution is 5.96. The quantitative estimate of drug-likeness (QED) is 0.791. The van der Waals surface area contributed by atoms with Crippen LogP contribution in [0.4, 0.5) is 5.82 Å². The van der Waals surface area contributed by atoms with Crippen LogP contribution in [0.2, 0.25) is 0 Å². The Morgan fingerprint density at radius 3 is 3.00 bits per heavy atom. The second kappa shape index (κ2) is 6.16. The Morgan fingerprint density at radius 2 is 2.28 bits per heavy atom. The van der Waals surface area contributed by atoms with Crippen molar-refractivity contribution in [2.24, 2.45) is 7.05 Å². The Balaban J connectivity index is 1.56. The van der Waals surface area contributed by atoms with E-state index in [0.29, 0.717) is 24.0 Å². The van der Waals surface area contributed by atoms with Gasteiger partial charge in [-0.15, -0.1) is 0 Å². The number of rotatable bonds is 4. The average Bonchev–Trinajstić information content (AvgIpc) is 3.34. The summed E-state index contributed by atoms with van der Waals surface area (Å²) in [4.78, 5) is 17.0. The fraction of sp³-hybridized carbons (Fsp3) is 0.333. The molecule has 0 bridgehead atoms. The fourth-order valence-corrected chi connectivity index (χ4v) is 3.25. The molecule has 1 N–H and O–H groups in total. The van der Waals surface area contributed by atoms with Crippen LogP contribution in [0.25, 0.3) is 11.4 Å². The Hall–Kier alpha value is -2.96. The van der Waals surface area contributed by atoms with E-state index >= 15 is 0 Å². The Labute approximate surface area is 145 Å². The van der Waals surface area contributed by atoms with Crippen molar-refractivity contribution in [3.8, 4) is 11.4 Å². The van der Waals surface area contributed by atoms with Crippen LogP contribution in [-0.4, -0.2) is 25.8 Å². The van der Waals surface area contributed by atoms with Gasteiger partial charge in [-0.3, -0.25) is 9.48 Å². The van der Waals surface area contributed by atoms with Crippen molar-refractivity contribution in [1.82, 2.24) is 19.9 Å². The van der Waals surface area contributed by atoms with Gasteiger partial charge in [0, 0.05) is 25.1 Å². The Morgan fingerprint density at radius 1 is 1.40 bits per heavy atom. The molecular formula is C18H19N5O2. The van der Waals surface area contributed by atoms with Gasteiger partial charge in [-0.25, -0.2) is 0 Å². The summed E-state index contributed by atoms with van der Waals surface area (Å²) in [5, 5.41) is 11.0. The molecule has 0 fully saturated rings.